The van der Waals surface area contributed by atoms with Gasteiger partial charge < -0.3 is 10.1 Å². The fourth-order valence-corrected chi connectivity index (χ4v) is 2.51. The molecule has 0 spiro atoms. The first kappa shape index (κ1) is 14.3. The molecule has 0 saturated carbocycles. The number of nitrogens with one attached hydrogen (secondary N) is 1. The highest BCUT2D eigenvalue weighted by molar-refractivity contribution is 5.92. The van der Waals surface area contributed by atoms with E-state index in [-0.39, 0.29) is 17.9 Å². The van der Waals surface area contributed by atoms with Gasteiger partial charge in [-0.2, -0.15) is 10.4 Å². The van der Waals surface area contributed by atoms with Crippen LogP contribution in [0.3, 0.4) is 0 Å². The standard InChI is InChI=1S/C16H16N4O2/c1-11-8-13(10-22-11)16(21)19-15-6-7-18-20(15)14-4-2-12(9-17)3-5-14/h2-7,11,13H,8,10H2,1H3,(H,19,21). The van der Waals surface area contributed by atoms with Crippen LogP contribution in [0.1, 0.15) is 18.9 Å². The van der Waals surface area contributed by atoms with E-state index in [1.807, 2.05) is 6.92 Å². The van der Waals surface area contributed by atoms with E-state index < -0.39 is 0 Å². The molecule has 112 valence electrons. The van der Waals surface area contributed by atoms with Gasteiger partial charge in [-0.1, -0.05) is 0 Å². The smallest absolute Gasteiger partial charge is 0.231 e. The lowest BCUT2D eigenvalue weighted by atomic mass is 10.1. The number of anilines is 1. The summed E-state index contributed by atoms with van der Waals surface area (Å²) in [6, 6.07) is 10.8. The Morgan fingerprint density at radius 2 is 2.18 bits per heavy atom. The van der Waals surface area contributed by atoms with Crippen LogP contribution in [0.25, 0.3) is 5.69 Å². The Bertz CT molecular complexity index is 714. The zero-order valence-corrected chi connectivity index (χ0v) is 12.2. The minimum Gasteiger partial charge on any atom is -0.378 e. The van der Waals surface area contributed by atoms with Crippen molar-refractivity contribution in [2.75, 3.05) is 11.9 Å². The minimum absolute atomic E-state index is 0.0558. The largest absolute Gasteiger partial charge is 0.378 e. The fraction of sp³-hybridized carbons (Fsp3) is 0.312. The van der Waals surface area contributed by atoms with Crippen molar-refractivity contribution in [1.82, 2.24) is 9.78 Å². The molecule has 6 nitrogen and oxygen atoms in total. The van der Waals surface area contributed by atoms with E-state index in [2.05, 4.69) is 16.5 Å². The zero-order valence-electron chi connectivity index (χ0n) is 12.2. The van der Waals surface area contributed by atoms with E-state index in [1.165, 1.54) is 0 Å². The Morgan fingerprint density at radius 3 is 2.82 bits per heavy atom. The molecule has 1 aliphatic rings. The monoisotopic (exact) mass is 296 g/mol. The molecule has 0 radical (unpaired) electrons. The summed E-state index contributed by atoms with van der Waals surface area (Å²) in [7, 11) is 0. The minimum atomic E-state index is -0.126. The number of rotatable bonds is 3. The van der Waals surface area contributed by atoms with E-state index in [9.17, 15) is 4.79 Å². The summed E-state index contributed by atoms with van der Waals surface area (Å²) in [6.45, 7) is 2.42. The highest BCUT2D eigenvalue weighted by Gasteiger charge is 2.28. The van der Waals surface area contributed by atoms with Crippen molar-refractivity contribution in [1.29, 1.82) is 5.26 Å². The van der Waals surface area contributed by atoms with Crippen LogP contribution in [-0.4, -0.2) is 28.4 Å². The number of nitriles is 1. The lowest BCUT2D eigenvalue weighted by molar-refractivity contribution is -0.119. The van der Waals surface area contributed by atoms with E-state index in [1.54, 1.807) is 41.2 Å². The molecule has 1 N–H and O–H groups in total. The molecular formula is C16H16N4O2. The summed E-state index contributed by atoms with van der Waals surface area (Å²) in [5.41, 5.74) is 1.37. The van der Waals surface area contributed by atoms with Gasteiger partial charge in [0.1, 0.15) is 5.82 Å². The average Bonchev–Trinajstić information content (AvgIpc) is 3.16. The maximum atomic E-state index is 12.3. The molecule has 1 saturated heterocycles. The normalized spacial score (nSPS) is 20.5. The van der Waals surface area contributed by atoms with Crippen molar-refractivity contribution in [3.8, 4) is 11.8 Å². The summed E-state index contributed by atoms with van der Waals surface area (Å²) < 4.78 is 7.07. The summed E-state index contributed by atoms with van der Waals surface area (Å²) in [5.74, 6) is 0.424. The fourth-order valence-electron chi connectivity index (χ4n) is 2.51. The molecule has 0 aliphatic carbocycles. The number of aromatic nitrogens is 2. The van der Waals surface area contributed by atoms with Gasteiger partial charge >= 0.3 is 0 Å². The second kappa shape index (κ2) is 6.00. The number of hydrogen-bond donors (Lipinski definition) is 1. The van der Waals surface area contributed by atoms with Crippen molar-refractivity contribution in [2.45, 2.75) is 19.4 Å². The third kappa shape index (κ3) is 2.85. The molecule has 2 unspecified atom stereocenters. The van der Waals surface area contributed by atoms with E-state index in [0.717, 1.165) is 12.1 Å². The molecular weight excluding hydrogens is 280 g/mol. The van der Waals surface area contributed by atoms with Gasteiger partial charge in [-0.25, -0.2) is 4.68 Å². The molecule has 1 fully saturated rings. The zero-order chi connectivity index (χ0) is 15.5. The number of carbonyl (C=O) groups excluding carboxylic acids is 1. The number of carbonyl (C=O) groups is 1. The van der Waals surface area contributed by atoms with Crippen LogP contribution in [0, 0.1) is 17.2 Å². The molecule has 2 atom stereocenters. The molecule has 2 aromatic rings. The molecule has 1 amide bonds. The third-order valence-electron chi connectivity index (χ3n) is 3.70. The average molecular weight is 296 g/mol. The highest BCUT2D eigenvalue weighted by atomic mass is 16.5. The van der Waals surface area contributed by atoms with Gasteiger partial charge in [0.25, 0.3) is 0 Å². The second-order valence-corrected chi connectivity index (χ2v) is 5.35. The Morgan fingerprint density at radius 1 is 1.41 bits per heavy atom. The van der Waals surface area contributed by atoms with Gasteiger partial charge in [-0.15, -0.1) is 0 Å². The van der Waals surface area contributed by atoms with Crippen LogP contribution in [0.4, 0.5) is 5.82 Å². The molecule has 3 rings (SSSR count). The first-order valence-corrected chi connectivity index (χ1v) is 7.14. The Hall–Kier alpha value is -2.65. The lowest BCUT2D eigenvalue weighted by Gasteiger charge is -2.11. The van der Waals surface area contributed by atoms with Crippen molar-refractivity contribution in [3.63, 3.8) is 0 Å². The van der Waals surface area contributed by atoms with Crippen LogP contribution in [-0.2, 0) is 9.53 Å². The summed E-state index contributed by atoms with van der Waals surface area (Å²) in [6.07, 6.45) is 2.48. The number of amides is 1. The van der Waals surface area contributed by atoms with E-state index >= 15 is 0 Å². The number of hydrogen-bond acceptors (Lipinski definition) is 4. The molecule has 6 heteroatoms. The molecule has 22 heavy (non-hydrogen) atoms. The quantitative estimate of drug-likeness (QED) is 0.940. The summed E-state index contributed by atoms with van der Waals surface area (Å²) >= 11 is 0. The molecule has 0 bridgehead atoms. The van der Waals surface area contributed by atoms with Gasteiger partial charge in [0.2, 0.25) is 5.91 Å². The van der Waals surface area contributed by atoms with Crippen molar-refractivity contribution < 1.29 is 9.53 Å². The van der Waals surface area contributed by atoms with Gasteiger partial charge in [0, 0.05) is 6.07 Å². The maximum absolute atomic E-state index is 12.3. The van der Waals surface area contributed by atoms with Crippen molar-refractivity contribution in [2.24, 2.45) is 5.92 Å². The Balaban J connectivity index is 1.77. The first-order valence-electron chi connectivity index (χ1n) is 7.14. The molecule has 2 heterocycles. The van der Waals surface area contributed by atoms with E-state index in [4.69, 9.17) is 10.00 Å². The molecule has 1 aromatic heterocycles. The number of ether oxygens (including phenoxy) is 1. The SMILES string of the molecule is CC1CC(C(=O)Nc2ccnn2-c2ccc(C#N)cc2)CO1. The predicted octanol–water partition coefficient (Wildman–Crippen LogP) is 2.11. The van der Waals surface area contributed by atoms with Crippen LogP contribution >= 0.6 is 0 Å². The molecule has 1 aliphatic heterocycles. The van der Waals surface area contributed by atoms with Crippen LogP contribution in [0.2, 0.25) is 0 Å². The van der Waals surface area contributed by atoms with Crippen LogP contribution in [0.15, 0.2) is 36.5 Å². The predicted molar refractivity (Wildman–Crippen MR) is 80.4 cm³/mol. The maximum Gasteiger partial charge on any atom is 0.231 e. The van der Waals surface area contributed by atoms with Gasteiger partial charge in [-0.3, -0.25) is 4.79 Å². The molecule has 1 aromatic carbocycles. The Labute approximate surface area is 128 Å². The summed E-state index contributed by atoms with van der Waals surface area (Å²) in [4.78, 5) is 12.3. The third-order valence-corrected chi connectivity index (χ3v) is 3.70. The van der Waals surface area contributed by atoms with Gasteiger partial charge in [0.15, 0.2) is 0 Å². The summed E-state index contributed by atoms with van der Waals surface area (Å²) in [5, 5.41) is 16.0. The van der Waals surface area contributed by atoms with Gasteiger partial charge in [-0.05, 0) is 37.6 Å². The first-order chi connectivity index (χ1) is 10.7. The lowest BCUT2D eigenvalue weighted by Crippen LogP contribution is -2.24. The van der Waals surface area contributed by atoms with Crippen LogP contribution in [0.5, 0.6) is 0 Å². The second-order valence-electron chi connectivity index (χ2n) is 5.35. The van der Waals surface area contributed by atoms with Gasteiger partial charge in [0.05, 0.1) is 42.1 Å². The van der Waals surface area contributed by atoms with Crippen molar-refractivity contribution >= 4 is 11.7 Å². The highest BCUT2D eigenvalue weighted by Crippen LogP contribution is 2.22. The number of benzene rings is 1. The van der Waals surface area contributed by atoms with Crippen molar-refractivity contribution in [3.05, 3.63) is 42.1 Å². The Kier molecular flexibility index (Phi) is 3.90. The number of nitrogens with zero attached hydrogens (tertiary/aromatic N) is 3. The topological polar surface area (TPSA) is 79.9 Å². The van der Waals surface area contributed by atoms with Crippen LogP contribution < -0.4 is 5.32 Å². The van der Waals surface area contributed by atoms with E-state index in [0.29, 0.717) is 18.0 Å².